The molecule has 0 bridgehead atoms. The highest BCUT2D eigenvalue weighted by Gasteiger charge is 2.15. The summed E-state index contributed by atoms with van der Waals surface area (Å²) in [5.74, 6) is 5.82. The van der Waals surface area contributed by atoms with Crippen LogP contribution in [0.5, 0.6) is 0 Å². The van der Waals surface area contributed by atoms with E-state index in [4.69, 9.17) is 5.73 Å². The molecule has 0 fully saturated rings. The highest BCUT2D eigenvalue weighted by Crippen LogP contribution is 2.16. The number of hydrogen-bond donors (Lipinski definition) is 1. The minimum atomic E-state index is 0.0630. The lowest BCUT2D eigenvalue weighted by Crippen LogP contribution is -2.40. The van der Waals surface area contributed by atoms with Crippen LogP contribution in [0, 0.1) is 11.8 Å². The van der Waals surface area contributed by atoms with Gasteiger partial charge in [0.2, 0.25) is 0 Å². The Morgan fingerprint density at radius 2 is 2.11 bits per heavy atom. The van der Waals surface area contributed by atoms with Gasteiger partial charge < -0.3 is 15.5 Å². The third-order valence-electron chi connectivity index (χ3n) is 2.74. The van der Waals surface area contributed by atoms with Crippen LogP contribution in [0.15, 0.2) is 11.4 Å². The van der Waals surface area contributed by atoms with Gasteiger partial charge in [-0.25, -0.2) is 4.79 Å². The first kappa shape index (κ1) is 15.5. The van der Waals surface area contributed by atoms with Crippen molar-refractivity contribution < 1.29 is 4.79 Å². The molecule has 4 nitrogen and oxygen atoms in total. The molecule has 1 aromatic heterocycles. The molecular weight excluding hydrogens is 258 g/mol. The van der Waals surface area contributed by atoms with Gasteiger partial charge in [0.15, 0.2) is 0 Å². The summed E-state index contributed by atoms with van der Waals surface area (Å²) >= 11 is 1.62. The number of urea groups is 1. The van der Waals surface area contributed by atoms with Crippen LogP contribution in [-0.2, 0) is 6.54 Å². The molecule has 1 aromatic rings. The highest BCUT2D eigenvalue weighted by molar-refractivity contribution is 7.10. The van der Waals surface area contributed by atoms with Gasteiger partial charge in [-0.15, -0.1) is 11.3 Å². The van der Waals surface area contributed by atoms with Crippen LogP contribution in [0.2, 0.25) is 0 Å². The summed E-state index contributed by atoms with van der Waals surface area (Å²) in [6.45, 7) is 6.42. The molecule has 0 spiro atoms. The lowest BCUT2D eigenvalue weighted by molar-refractivity contribution is 0.166. The molecule has 1 heterocycles. The van der Waals surface area contributed by atoms with E-state index in [-0.39, 0.29) is 6.03 Å². The van der Waals surface area contributed by atoms with E-state index in [0.29, 0.717) is 13.1 Å². The van der Waals surface area contributed by atoms with E-state index in [0.717, 1.165) is 23.5 Å². The second-order valence-electron chi connectivity index (χ2n) is 4.12. The number of amides is 2. The smallest absolute Gasteiger partial charge is 0.320 e. The van der Waals surface area contributed by atoms with Crippen molar-refractivity contribution in [2.24, 2.45) is 5.73 Å². The van der Waals surface area contributed by atoms with Crippen LogP contribution in [0.4, 0.5) is 4.79 Å². The van der Waals surface area contributed by atoms with Crippen molar-refractivity contribution in [1.29, 1.82) is 0 Å². The van der Waals surface area contributed by atoms with Crippen LogP contribution in [0.25, 0.3) is 0 Å². The first-order valence-electron chi connectivity index (χ1n) is 6.38. The fraction of sp³-hybridized carbons (Fsp3) is 0.500. The normalized spacial score (nSPS) is 9.68. The average Bonchev–Trinajstić information content (AvgIpc) is 2.85. The lowest BCUT2D eigenvalue weighted by Gasteiger charge is -2.25. The van der Waals surface area contributed by atoms with Gasteiger partial charge in [0.1, 0.15) is 0 Å². The van der Waals surface area contributed by atoms with Crippen LogP contribution < -0.4 is 5.73 Å². The second kappa shape index (κ2) is 7.82. The summed E-state index contributed by atoms with van der Waals surface area (Å²) in [7, 11) is 1.83. The van der Waals surface area contributed by atoms with Gasteiger partial charge >= 0.3 is 6.03 Å². The number of nitrogens with two attached hydrogens (primary N) is 1. The monoisotopic (exact) mass is 279 g/mol. The standard InChI is InChI=1S/C14H21N3OS/c1-4-17(5-2)14(18)16(3)10-13-9-12(11-19-13)7-6-8-15/h9,11H,4-5,8,10,15H2,1-3H3. The molecule has 0 aliphatic heterocycles. The van der Waals surface area contributed by atoms with Gasteiger partial charge in [-0.1, -0.05) is 11.8 Å². The zero-order valence-corrected chi connectivity index (χ0v) is 12.6. The molecule has 5 heteroatoms. The first-order chi connectivity index (χ1) is 9.12. The van der Waals surface area contributed by atoms with E-state index < -0.39 is 0 Å². The third kappa shape index (κ3) is 4.58. The predicted molar refractivity (Wildman–Crippen MR) is 80.0 cm³/mol. The van der Waals surface area contributed by atoms with Crippen LogP contribution >= 0.6 is 11.3 Å². The number of hydrogen-bond acceptors (Lipinski definition) is 3. The van der Waals surface area contributed by atoms with E-state index in [1.54, 1.807) is 16.2 Å². The summed E-state index contributed by atoms with van der Waals surface area (Å²) in [4.78, 5) is 16.8. The van der Waals surface area contributed by atoms with Crippen LogP contribution in [-0.4, -0.2) is 42.5 Å². The van der Waals surface area contributed by atoms with Crippen molar-refractivity contribution in [3.8, 4) is 11.8 Å². The maximum absolute atomic E-state index is 12.1. The topological polar surface area (TPSA) is 49.6 Å². The maximum atomic E-state index is 12.1. The maximum Gasteiger partial charge on any atom is 0.320 e. The molecule has 104 valence electrons. The van der Waals surface area contributed by atoms with Crippen LogP contribution in [0.3, 0.4) is 0 Å². The zero-order chi connectivity index (χ0) is 14.3. The Balaban J connectivity index is 2.63. The van der Waals surface area contributed by atoms with E-state index in [1.807, 2.05) is 37.2 Å². The Hall–Kier alpha value is -1.51. The molecule has 2 amide bonds. The number of carbonyl (C=O) groups excluding carboxylic acids is 1. The van der Waals surface area contributed by atoms with Gasteiger partial charge in [0.05, 0.1) is 13.1 Å². The van der Waals surface area contributed by atoms with Crippen molar-refractivity contribution in [2.75, 3.05) is 26.7 Å². The fourth-order valence-corrected chi connectivity index (χ4v) is 2.59. The summed E-state index contributed by atoms with van der Waals surface area (Å²) in [6, 6.07) is 2.08. The molecule has 0 atom stereocenters. The third-order valence-corrected chi connectivity index (χ3v) is 3.66. The predicted octanol–water partition coefficient (Wildman–Crippen LogP) is 1.95. The van der Waals surface area contributed by atoms with Gasteiger partial charge in [0.25, 0.3) is 0 Å². The summed E-state index contributed by atoms with van der Waals surface area (Å²) < 4.78 is 0. The van der Waals surface area contributed by atoms with E-state index >= 15 is 0 Å². The number of thiophene rings is 1. The van der Waals surface area contributed by atoms with Crippen LogP contribution in [0.1, 0.15) is 24.3 Å². The number of carbonyl (C=O) groups is 1. The molecule has 0 radical (unpaired) electrons. The molecule has 0 aliphatic rings. The van der Waals surface area contributed by atoms with Gasteiger partial charge in [-0.2, -0.15) is 0 Å². The van der Waals surface area contributed by atoms with Gasteiger partial charge in [0, 0.05) is 36.0 Å². The molecule has 0 saturated carbocycles. The Bertz CT molecular complexity index is 469. The molecular formula is C14H21N3OS. The minimum Gasteiger partial charge on any atom is -0.325 e. The quantitative estimate of drug-likeness (QED) is 0.856. The second-order valence-corrected chi connectivity index (χ2v) is 5.11. The highest BCUT2D eigenvalue weighted by atomic mass is 32.1. The van der Waals surface area contributed by atoms with Crippen molar-refractivity contribution in [1.82, 2.24) is 9.80 Å². The molecule has 1 rings (SSSR count). The number of nitrogens with zero attached hydrogens (tertiary/aromatic N) is 2. The molecule has 0 unspecified atom stereocenters. The van der Waals surface area contributed by atoms with Gasteiger partial charge in [-0.3, -0.25) is 0 Å². The van der Waals surface area contributed by atoms with E-state index in [1.165, 1.54) is 0 Å². The Morgan fingerprint density at radius 3 is 2.68 bits per heavy atom. The SMILES string of the molecule is CCN(CC)C(=O)N(C)Cc1cc(C#CCN)cs1. The lowest BCUT2D eigenvalue weighted by atomic mass is 10.3. The largest absolute Gasteiger partial charge is 0.325 e. The van der Waals surface area contributed by atoms with E-state index in [9.17, 15) is 4.79 Å². The summed E-state index contributed by atoms with van der Waals surface area (Å²) in [5.41, 5.74) is 6.31. The molecule has 19 heavy (non-hydrogen) atoms. The molecule has 0 aromatic carbocycles. The van der Waals surface area contributed by atoms with Crippen molar-refractivity contribution in [3.05, 3.63) is 21.9 Å². The molecule has 0 aliphatic carbocycles. The molecule has 2 N–H and O–H groups in total. The van der Waals surface area contributed by atoms with Crippen molar-refractivity contribution in [2.45, 2.75) is 20.4 Å². The Morgan fingerprint density at radius 1 is 1.42 bits per heavy atom. The number of rotatable bonds is 4. The van der Waals surface area contributed by atoms with Crippen molar-refractivity contribution >= 4 is 17.4 Å². The molecule has 0 saturated heterocycles. The zero-order valence-electron chi connectivity index (χ0n) is 11.8. The minimum absolute atomic E-state index is 0.0630. The van der Waals surface area contributed by atoms with Gasteiger partial charge in [-0.05, 0) is 19.9 Å². The average molecular weight is 279 g/mol. The Kier molecular flexibility index (Phi) is 6.40. The first-order valence-corrected chi connectivity index (χ1v) is 7.26. The summed E-state index contributed by atoms with van der Waals surface area (Å²) in [6.07, 6.45) is 0. The summed E-state index contributed by atoms with van der Waals surface area (Å²) in [5, 5.41) is 1.99. The Labute approximate surface area is 119 Å². The van der Waals surface area contributed by atoms with E-state index in [2.05, 4.69) is 11.8 Å². The van der Waals surface area contributed by atoms with Crippen molar-refractivity contribution in [3.63, 3.8) is 0 Å². The fourth-order valence-electron chi connectivity index (χ4n) is 1.72.